The summed E-state index contributed by atoms with van der Waals surface area (Å²) in [5.74, 6) is -0.977. The van der Waals surface area contributed by atoms with Crippen LogP contribution in [0.5, 0.6) is 0 Å². The lowest BCUT2D eigenvalue weighted by molar-refractivity contribution is -0.136. The van der Waals surface area contributed by atoms with Crippen LogP contribution in [0.2, 0.25) is 0 Å². The van der Waals surface area contributed by atoms with Crippen molar-refractivity contribution < 1.29 is 23.2 Å². The van der Waals surface area contributed by atoms with Crippen molar-refractivity contribution in [3.63, 3.8) is 0 Å². The molecule has 2 fully saturated rings. The molecule has 156 valence electrons. The number of carbonyl (C=O) groups excluding carboxylic acids is 3. The summed E-state index contributed by atoms with van der Waals surface area (Å²) in [5.41, 5.74) is 6.60. The Bertz CT molecular complexity index is 852. The van der Waals surface area contributed by atoms with Gasteiger partial charge in [0.15, 0.2) is 0 Å². The first kappa shape index (κ1) is 19.9. The van der Waals surface area contributed by atoms with Crippen LogP contribution >= 0.6 is 0 Å². The molecule has 3 heterocycles. The minimum Gasteiger partial charge on any atom is -0.322 e. The van der Waals surface area contributed by atoms with Gasteiger partial charge >= 0.3 is 0 Å². The molecule has 1 aromatic carbocycles. The van der Waals surface area contributed by atoms with Crippen LogP contribution in [0.15, 0.2) is 18.2 Å². The summed E-state index contributed by atoms with van der Waals surface area (Å²) in [5, 5.41) is 2.30. The zero-order valence-electron chi connectivity index (χ0n) is 16.0. The smallest absolute Gasteiger partial charge is 0.256 e. The second kappa shape index (κ2) is 7.46. The molecule has 0 aliphatic carbocycles. The molecule has 3 N–H and O–H groups in total. The summed E-state index contributed by atoms with van der Waals surface area (Å²) in [7, 11) is 0. The minimum atomic E-state index is -2.55. The first-order chi connectivity index (χ1) is 13.8. The lowest BCUT2D eigenvalue weighted by Gasteiger charge is -2.38. The van der Waals surface area contributed by atoms with Gasteiger partial charge in [-0.3, -0.25) is 24.6 Å². The molecule has 1 unspecified atom stereocenters. The number of hydrogen-bond acceptors (Lipinski definition) is 5. The summed E-state index contributed by atoms with van der Waals surface area (Å²) >= 11 is 0. The van der Waals surface area contributed by atoms with Crippen molar-refractivity contribution in [2.45, 2.75) is 56.8 Å². The number of carbonyl (C=O) groups is 3. The maximum absolute atomic E-state index is 13.1. The van der Waals surface area contributed by atoms with Crippen LogP contribution < -0.4 is 11.1 Å². The third-order valence-corrected chi connectivity index (χ3v) is 6.25. The van der Waals surface area contributed by atoms with E-state index in [2.05, 4.69) is 5.32 Å². The average molecular weight is 406 g/mol. The van der Waals surface area contributed by atoms with Gasteiger partial charge in [-0.25, -0.2) is 8.78 Å². The van der Waals surface area contributed by atoms with Crippen molar-refractivity contribution in [3.05, 3.63) is 34.9 Å². The van der Waals surface area contributed by atoms with Gasteiger partial charge in [0.25, 0.3) is 12.3 Å². The van der Waals surface area contributed by atoms with Gasteiger partial charge in [-0.1, -0.05) is 18.2 Å². The maximum Gasteiger partial charge on any atom is 0.256 e. The molecule has 0 spiro atoms. The summed E-state index contributed by atoms with van der Waals surface area (Å²) in [6.45, 7) is 1.67. The molecular formula is C20H24F2N4O3. The number of piperidine rings is 2. The van der Waals surface area contributed by atoms with Crippen molar-refractivity contribution in [2.24, 2.45) is 5.73 Å². The van der Waals surface area contributed by atoms with Crippen LogP contribution in [0.1, 0.15) is 47.2 Å². The molecule has 9 heteroatoms. The lowest BCUT2D eigenvalue weighted by Crippen LogP contribution is -2.54. The van der Waals surface area contributed by atoms with E-state index in [1.807, 2.05) is 23.1 Å². The monoisotopic (exact) mass is 406 g/mol. The number of hydrogen-bond donors (Lipinski definition) is 2. The van der Waals surface area contributed by atoms with E-state index in [9.17, 15) is 23.2 Å². The predicted molar refractivity (Wildman–Crippen MR) is 99.9 cm³/mol. The number of imide groups is 1. The first-order valence-electron chi connectivity index (χ1n) is 9.83. The summed E-state index contributed by atoms with van der Waals surface area (Å²) in [6.07, 6.45) is -1.61. The molecule has 0 aromatic heterocycles. The van der Waals surface area contributed by atoms with E-state index in [0.29, 0.717) is 38.2 Å². The van der Waals surface area contributed by atoms with E-state index in [4.69, 9.17) is 5.73 Å². The zero-order valence-corrected chi connectivity index (χ0v) is 16.0. The fourth-order valence-corrected chi connectivity index (χ4v) is 4.41. The molecule has 3 aliphatic rings. The Morgan fingerprint density at radius 1 is 1.21 bits per heavy atom. The van der Waals surface area contributed by atoms with Crippen LogP contribution in [0.3, 0.4) is 0 Å². The zero-order chi connectivity index (χ0) is 20.8. The number of halogens is 2. The standard InChI is InChI=1S/C20H24F2N4O3/c21-19(22)20(23)6-8-25(9-7-20)10-12-2-1-3-13-11-26(18(29)16(12)13)14-4-5-15(27)24-17(14)28/h1-3,14,19H,4-11,23H2,(H,24,27,28). The Labute approximate surface area is 167 Å². The Balaban J connectivity index is 1.48. The van der Waals surface area contributed by atoms with Gasteiger partial charge in [0, 0.05) is 38.2 Å². The maximum atomic E-state index is 13.1. The van der Waals surface area contributed by atoms with Crippen molar-refractivity contribution in [1.82, 2.24) is 15.1 Å². The average Bonchev–Trinajstić information content (AvgIpc) is 3.01. The molecule has 3 amide bonds. The third-order valence-electron chi connectivity index (χ3n) is 6.25. The van der Waals surface area contributed by atoms with Crippen LogP contribution in [0.4, 0.5) is 8.78 Å². The van der Waals surface area contributed by atoms with Gasteiger partial charge in [0.2, 0.25) is 11.8 Å². The molecule has 4 rings (SSSR count). The molecule has 0 saturated carbocycles. The van der Waals surface area contributed by atoms with E-state index in [1.165, 1.54) is 4.90 Å². The Kier molecular flexibility index (Phi) is 5.12. The SMILES string of the molecule is NC1(C(F)F)CCN(Cc2cccc3c2C(=O)N(C2CCC(=O)NC2=O)C3)CC1. The second-order valence-electron chi connectivity index (χ2n) is 8.16. The first-order valence-corrected chi connectivity index (χ1v) is 9.83. The number of nitrogens with one attached hydrogen (secondary N) is 1. The number of likely N-dealkylation sites (tertiary alicyclic amines) is 1. The normalized spacial score (nSPS) is 24.8. The Hall–Kier alpha value is -2.39. The molecule has 0 bridgehead atoms. The van der Waals surface area contributed by atoms with Crippen LogP contribution in [-0.4, -0.2) is 58.6 Å². The molecular weight excluding hydrogens is 382 g/mol. The topological polar surface area (TPSA) is 95.7 Å². The molecule has 3 aliphatic heterocycles. The van der Waals surface area contributed by atoms with Gasteiger partial charge in [-0.2, -0.15) is 0 Å². The van der Waals surface area contributed by atoms with Gasteiger partial charge in [0.1, 0.15) is 6.04 Å². The van der Waals surface area contributed by atoms with E-state index < -0.39 is 23.9 Å². The highest BCUT2D eigenvalue weighted by atomic mass is 19.3. The van der Waals surface area contributed by atoms with E-state index in [1.54, 1.807) is 0 Å². The van der Waals surface area contributed by atoms with Crippen molar-refractivity contribution in [3.8, 4) is 0 Å². The molecule has 2 saturated heterocycles. The van der Waals surface area contributed by atoms with Gasteiger partial charge in [-0.15, -0.1) is 0 Å². The molecule has 1 aromatic rings. The summed E-state index contributed by atoms with van der Waals surface area (Å²) in [4.78, 5) is 40.3. The van der Waals surface area contributed by atoms with Gasteiger partial charge < -0.3 is 10.6 Å². The van der Waals surface area contributed by atoms with Crippen molar-refractivity contribution >= 4 is 17.7 Å². The number of nitrogens with two attached hydrogens (primary N) is 1. The highest BCUT2D eigenvalue weighted by Crippen LogP contribution is 2.32. The van der Waals surface area contributed by atoms with Gasteiger partial charge in [0.05, 0.1) is 5.54 Å². The van der Waals surface area contributed by atoms with E-state index >= 15 is 0 Å². The van der Waals surface area contributed by atoms with Crippen LogP contribution in [0.25, 0.3) is 0 Å². The highest BCUT2D eigenvalue weighted by Gasteiger charge is 2.41. The predicted octanol–water partition coefficient (Wildman–Crippen LogP) is 1.01. The van der Waals surface area contributed by atoms with Crippen molar-refractivity contribution in [2.75, 3.05) is 13.1 Å². The number of amides is 3. The van der Waals surface area contributed by atoms with Crippen molar-refractivity contribution in [1.29, 1.82) is 0 Å². The summed E-state index contributed by atoms with van der Waals surface area (Å²) < 4.78 is 26.2. The quantitative estimate of drug-likeness (QED) is 0.728. The number of alkyl halides is 2. The highest BCUT2D eigenvalue weighted by molar-refractivity contribution is 6.05. The fraction of sp³-hybridized carbons (Fsp3) is 0.550. The van der Waals surface area contributed by atoms with Crippen LogP contribution in [0, 0.1) is 0 Å². The van der Waals surface area contributed by atoms with E-state index in [-0.39, 0.29) is 31.1 Å². The lowest BCUT2D eigenvalue weighted by atomic mass is 9.88. The largest absolute Gasteiger partial charge is 0.322 e. The van der Waals surface area contributed by atoms with Crippen LogP contribution in [-0.2, 0) is 22.7 Å². The molecule has 29 heavy (non-hydrogen) atoms. The van der Waals surface area contributed by atoms with Gasteiger partial charge in [-0.05, 0) is 30.4 Å². The number of benzene rings is 1. The fourth-order valence-electron chi connectivity index (χ4n) is 4.41. The molecule has 0 radical (unpaired) electrons. The molecule has 1 atom stereocenters. The summed E-state index contributed by atoms with van der Waals surface area (Å²) in [6, 6.07) is 4.94. The minimum absolute atomic E-state index is 0.204. The second-order valence-corrected chi connectivity index (χ2v) is 8.16. The number of rotatable bonds is 4. The Morgan fingerprint density at radius 3 is 2.59 bits per heavy atom. The molecule has 7 nitrogen and oxygen atoms in total. The third kappa shape index (κ3) is 3.64. The number of fused-ring (bicyclic) bond motifs is 1. The Morgan fingerprint density at radius 2 is 1.93 bits per heavy atom. The van der Waals surface area contributed by atoms with E-state index in [0.717, 1.165) is 11.1 Å². The number of nitrogens with zero attached hydrogens (tertiary/aromatic N) is 2.